The monoisotopic (exact) mass is 382 g/mol. The van der Waals surface area contributed by atoms with Crippen LogP contribution in [0.2, 0.25) is 0 Å². The van der Waals surface area contributed by atoms with Crippen molar-refractivity contribution in [3.63, 3.8) is 0 Å². The Kier molecular flexibility index (Phi) is 5.11. The van der Waals surface area contributed by atoms with Crippen LogP contribution in [0.5, 0.6) is 0 Å². The summed E-state index contributed by atoms with van der Waals surface area (Å²) in [5, 5.41) is 10.7. The summed E-state index contributed by atoms with van der Waals surface area (Å²) in [6.45, 7) is 2.58. The second kappa shape index (κ2) is 7.84. The molecule has 1 aliphatic rings. The number of nitrogens with zero attached hydrogens (tertiary/aromatic N) is 4. The van der Waals surface area contributed by atoms with E-state index in [0.717, 1.165) is 16.4 Å². The van der Waals surface area contributed by atoms with E-state index >= 15 is 0 Å². The van der Waals surface area contributed by atoms with Gasteiger partial charge in [-0.15, -0.1) is 21.5 Å². The van der Waals surface area contributed by atoms with Crippen molar-refractivity contribution in [1.29, 1.82) is 0 Å². The van der Waals surface area contributed by atoms with Gasteiger partial charge < -0.3 is 9.80 Å². The van der Waals surface area contributed by atoms with Crippen LogP contribution in [0.1, 0.15) is 5.56 Å². The molecule has 5 nitrogen and oxygen atoms in total. The highest BCUT2D eigenvalue weighted by atomic mass is 32.1. The summed E-state index contributed by atoms with van der Waals surface area (Å²) in [6.07, 6.45) is 0.0992. The average molecular weight is 382 g/mol. The summed E-state index contributed by atoms with van der Waals surface area (Å²) in [6, 6.07) is 14.4. The summed E-state index contributed by atoms with van der Waals surface area (Å²) < 4.78 is 13.7. The maximum absolute atomic E-state index is 13.7. The number of carbonyl (C=O) groups excluding carboxylic acids is 1. The van der Waals surface area contributed by atoms with E-state index < -0.39 is 0 Å². The van der Waals surface area contributed by atoms with Gasteiger partial charge in [0.25, 0.3) is 0 Å². The Morgan fingerprint density at radius 2 is 1.81 bits per heavy atom. The summed E-state index contributed by atoms with van der Waals surface area (Å²) in [5.74, 6) is 0.445. The van der Waals surface area contributed by atoms with Crippen molar-refractivity contribution < 1.29 is 9.18 Å². The molecule has 0 N–H and O–H groups in total. The molecule has 0 atom stereocenters. The Balaban J connectivity index is 1.34. The fourth-order valence-electron chi connectivity index (χ4n) is 3.15. The van der Waals surface area contributed by atoms with Crippen LogP contribution in [0.25, 0.3) is 10.6 Å². The molecule has 0 aliphatic carbocycles. The van der Waals surface area contributed by atoms with Crippen molar-refractivity contribution in [2.45, 2.75) is 6.42 Å². The number of halogens is 1. The lowest BCUT2D eigenvalue weighted by atomic mass is 10.1. The third kappa shape index (κ3) is 3.98. The number of amides is 1. The van der Waals surface area contributed by atoms with E-state index in [1.165, 1.54) is 6.07 Å². The van der Waals surface area contributed by atoms with Crippen LogP contribution in [0.15, 0.2) is 53.9 Å². The highest BCUT2D eigenvalue weighted by Gasteiger charge is 2.23. The first kappa shape index (κ1) is 17.6. The van der Waals surface area contributed by atoms with Gasteiger partial charge in [-0.3, -0.25) is 4.79 Å². The molecule has 1 aromatic carbocycles. The lowest BCUT2D eigenvalue weighted by Crippen LogP contribution is -2.49. The number of hydrogen-bond acceptors (Lipinski definition) is 5. The number of rotatable bonds is 4. The van der Waals surface area contributed by atoms with Crippen LogP contribution >= 0.6 is 11.3 Å². The molecule has 4 rings (SSSR count). The van der Waals surface area contributed by atoms with Gasteiger partial charge in [0.05, 0.1) is 11.3 Å². The van der Waals surface area contributed by atoms with Gasteiger partial charge in [0.15, 0.2) is 5.82 Å². The Morgan fingerprint density at radius 3 is 2.48 bits per heavy atom. The molecule has 138 valence electrons. The van der Waals surface area contributed by atoms with Crippen LogP contribution in [-0.2, 0) is 11.2 Å². The number of thiophene rings is 1. The highest BCUT2D eigenvalue weighted by molar-refractivity contribution is 7.13. The molecule has 2 aromatic heterocycles. The Morgan fingerprint density at radius 1 is 1.00 bits per heavy atom. The van der Waals surface area contributed by atoms with E-state index in [0.29, 0.717) is 31.7 Å². The topological polar surface area (TPSA) is 49.3 Å². The van der Waals surface area contributed by atoms with Crippen LogP contribution < -0.4 is 4.90 Å². The summed E-state index contributed by atoms with van der Waals surface area (Å²) >= 11 is 1.64. The molecule has 3 aromatic rings. The number of hydrogen-bond donors (Lipinski definition) is 0. The van der Waals surface area contributed by atoms with Gasteiger partial charge in [-0.25, -0.2) is 4.39 Å². The molecule has 1 fully saturated rings. The van der Waals surface area contributed by atoms with Crippen molar-refractivity contribution in [3.8, 4) is 10.6 Å². The maximum atomic E-state index is 13.7. The number of anilines is 1. The third-order valence-electron chi connectivity index (χ3n) is 4.68. The second-order valence-corrected chi connectivity index (χ2v) is 7.34. The Bertz CT molecular complexity index is 906. The van der Waals surface area contributed by atoms with Gasteiger partial charge in [-0.05, 0) is 35.2 Å². The lowest BCUT2D eigenvalue weighted by Gasteiger charge is -2.35. The Labute approximate surface area is 161 Å². The molecule has 1 amide bonds. The van der Waals surface area contributed by atoms with E-state index in [2.05, 4.69) is 15.1 Å². The fraction of sp³-hybridized carbons (Fsp3) is 0.250. The predicted molar refractivity (Wildman–Crippen MR) is 104 cm³/mol. The molecular formula is C20H19FN4OS. The van der Waals surface area contributed by atoms with Gasteiger partial charge in [-0.1, -0.05) is 24.3 Å². The largest absolute Gasteiger partial charge is 0.352 e. The van der Waals surface area contributed by atoms with E-state index in [1.807, 2.05) is 29.6 Å². The van der Waals surface area contributed by atoms with E-state index in [1.54, 1.807) is 34.4 Å². The highest BCUT2D eigenvalue weighted by Crippen LogP contribution is 2.23. The van der Waals surface area contributed by atoms with Crippen LogP contribution in [-0.4, -0.2) is 47.2 Å². The third-order valence-corrected chi connectivity index (χ3v) is 5.57. The van der Waals surface area contributed by atoms with E-state index in [9.17, 15) is 9.18 Å². The van der Waals surface area contributed by atoms with Crippen LogP contribution in [0, 0.1) is 5.82 Å². The predicted octanol–water partition coefficient (Wildman–Crippen LogP) is 3.24. The molecule has 1 aliphatic heterocycles. The SMILES string of the molecule is O=C(Cc1ccccc1F)N1CCN(c2ccc(-c3cccs3)nn2)CC1. The van der Waals surface area contributed by atoms with Crippen molar-refractivity contribution in [2.24, 2.45) is 0 Å². The number of benzene rings is 1. The summed E-state index contributed by atoms with van der Waals surface area (Å²) in [7, 11) is 0. The fourth-order valence-corrected chi connectivity index (χ4v) is 3.84. The molecule has 27 heavy (non-hydrogen) atoms. The van der Waals surface area contributed by atoms with Gasteiger partial charge in [0.1, 0.15) is 11.5 Å². The Hall–Kier alpha value is -2.80. The smallest absolute Gasteiger partial charge is 0.227 e. The van der Waals surface area contributed by atoms with Crippen molar-refractivity contribution >= 4 is 23.1 Å². The number of piperazine rings is 1. The second-order valence-electron chi connectivity index (χ2n) is 6.39. The maximum Gasteiger partial charge on any atom is 0.227 e. The number of carbonyl (C=O) groups is 1. The first-order valence-electron chi connectivity index (χ1n) is 8.84. The lowest BCUT2D eigenvalue weighted by molar-refractivity contribution is -0.130. The zero-order valence-electron chi connectivity index (χ0n) is 14.7. The van der Waals surface area contributed by atoms with Crippen LogP contribution in [0.3, 0.4) is 0 Å². The van der Waals surface area contributed by atoms with Crippen molar-refractivity contribution in [3.05, 3.63) is 65.3 Å². The van der Waals surface area contributed by atoms with Crippen LogP contribution in [0.4, 0.5) is 10.2 Å². The summed E-state index contributed by atoms with van der Waals surface area (Å²) in [4.78, 5) is 17.5. The minimum absolute atomic E-state index is 0.0427. The minimum Gasteiger partial charge on any atom is -0.352 e. The molecule has 0 unspecified atom stereocenters. The first-order chi connectivity index (χ1) is 13.2. The average Bonchev–Trinajstić information content (AvgIpc) is 3.25. The quantitative estimate of drug-likeness (QED) is 0.695. The zero-order valence-corrected chi connectivity index (χ0v) is 15.5. The molecular weight excluding hydrogens is 363 g/mol. The summed E-state index contributed by atoms with van der Waals surface area (Å²) in [5.41, 5.74) is 1.31. The molecule has 0 radical (unpaired) electrons. The standard InChI is InChI=1S/C20H19FN4OS/c21-16-5-2-1-4-15(16)14-20(26)25-11-9-24(10-12-25)19-8-7-17(22-23-19)18-6-3-13-27-18/h1-8,13H,9-12,14H2. The van der Waals surface area contributed by atoms with Crippen molar-refractivity contribution in [1.82, 2.24) is 15.1 Å². The molecule has 0 spiro atoms. The van der Waals surface area contributed by atoms with E-state index in [4.69, 9.17) is 0 Å². The first-order valence-corrected chi connectivity index (χ1v) is 9.72. The van der Waals surface area contributed by atoms with Gasteiger partial charge >= 0.3 is 0 Å². The van der Waals surface area contributed by atoms with Gasteiger partial charge in [0.2, 0.25) is 5.91 Å². The minimum atomic E-state index is -0.328. The molecule has 1 saturated heterocycles. The molecule has 0 saturated carbocycles. The molecule has 3 heterocycles. The van der Waals surface area contributed by atoms with E-state index in [-0.39, 0.29) is 18.1 Å². The molecule has 7 heteroatoms. The van der Waals surface area contributed by atoms with Gasteiger partial charge in [-0.2, -0.15) is 0 Å². The molecule has 0 bridgehead atoms. The van der Waals surface area contributed by atoms with Gasteiger partial charge in [0, 0.05) is 26.2 Å². The number of aromatic nitrogens is 2. The van der Waals surface area contributed by atoms with Crippen molar-refractivity contribution in [2.75, 3.05) is 31.1 Å². The zero-order chi connectivity index (χ0) is 18.6. The normalized spacial score (nSPS) is 14.4.